The minimum atomic E-state index is 0.121. The van der Waals surface area contributed by atoms with E-state index in [2.05, 4.69) is 51.0 Å². The summed E-state index contributed by atoms with van der Waals surface area (Å²) in [6.45, 7) is 5.03. The lowest BCUT2D eigenvalue weighted by Gasteiger charge is -2.31. The van der Waals surface area contributed by atoms with E-state index < -0.39 is 0 Å². The predicted molar refractivity (Wildman–Crippen MR) is 120 cm³/mol. The van der Waals surface area contributed by atoms with Crippen LogP contribution in [0.25, 0.3) is 21.9 Å². The van der Waals surface area contributed by atoms with Gasteiger partial charge in [0, 0.05) is 36.5 Å². The molecule has 0 bridgehead atoms. The minimum absolute atomic E-state index is 0.121. The van der Waals surface area contributed by atoms with E-state index in [1.54, 1.807) is 0 Å². The van der Waals surface area contributed by atoms with Gasteiger partial charge < -0.3 is 9.97 Å². The summed E-state index contributed by atoms with van der Waals surface area (Å²) in [4.78, 5) is 26.7. The average Bonchev–Trinajstić information content (AvgIpc) is 3.40. The van der Waals surface area contributed by atoms with Crippen LogP contribution in [-0.4, -0.2) is 38.7 Å². The second-order valence-corrected chi connectivity index (χ2v) is 8.66. The van der Waals surface area contributed by atoms with Gasteiger partial charge >= 0.3 is 0 Å². The number of likely N-dealkylation sites (tertiary alicyclic amines) is 1. The van der Waals surface area contributed by atoms with Crippen LogP contribution in [0, 0.1) is 5.92 Å². The van der Waals surface area contributed by atoms with E-state index in [-0.39, 0.29) is 11.8 Å². The zero-order valence-electron chi connectivity index (χ0n) is 17.4. The maximum atomic E-state index is 12.9. The topological polar surface area (TPSA) is 64.8 Å². The van der Waals surface area contributed by atoms with Crippen molar-refractivity contribution in [3.63, 3.8) is 0 Å². The molecule has 0 spiro atoms. The number of rotatable bonds is 6. The highest BCUT2D eigenvalue weighted by atomic mass is 16.1. The summed E-state index contributed by atoms with van der Waals surface area (Å²) in [7, 11) is 0. The number of ketones is 1. The van der Waals surface area contributed by atoms with Gasteiger partial charge in [-0.1, -0.05) is 25.1 Å². The lowest BCUT2D eigenvalue weighted by molar-refractivity contribution is -0.124. The highest BCUT2D eigenvalue weighted by molar-refractivity contribution is 5.82. The standard InChI is InChI=1S/C25H28N4O/c1-17(25-27-22-4-2-3-5-23(22)28-25)14-24(30)19-9-12-29(13-10-19)16-18-6-7-21-20(15-18)8-11-26-21/h2-8,11,15,17,19,26H,9-10,12-14,16H2,1H3,(H,27,28). The molecule has 1 fully saturated rings. The zero-order chi connectivity index (χ0) is 20.5. The molecule has 1 aliphatic rings. The zero-order valence-corrected chi connectivity index (χ0v) is 17.4. The van der Waals surface area contributed by atoms with Crippen LogP contribution in [-0.2, 0) is 11.3 Å². The first-order valence-electron chi connectivity index (χ1n) is 10.9. The molecule has 2 aromatic carbocycles. The highest BCUT2D eigenvalue weighted by Gasteiger charge is 2.27. The normalized spacial score (nSPS) is 17.0. The molecule has 1 atom stereocenters. The Kier molecular flexibility index (Phi) is 5.13. The van der Waals surface area contributed by atoms with Gasteiger partial charge in [-0.15, -0.1) is 0 Å². The van der Waals surface area contributed by atoms with Gasteiger partial charge in [-0.25, -0.2) is 4.98 Å². The first kappa shape index (κ1) is 19.1. The van der Waals surface area contributed by atoms with Crippen LogP contribution in [0.5, 0.6) is 0 Å². The number of nitrogens with one attached hydrogen (secondary N) is 2. The van der Waals surface area contributed by atoms with Gasteiger partial charge in [0.1, 0.15) is 11.6 Å². The molecule has 4 aromatic rings. The Balaban J connectivity index is 1.15. The SMILES string of the molecule is CC(CC(=O)C1CCN(Cc2ccc3[nH]ccc3c2)CC1)c1nc2ccccc2[nH]1. The third-order valence-electron chi connectivity index (χ3n) is 6.45. The number of imidazole rings is 1. The Morgan fingerprint density at radius 3 is 2.80 bits per heavy atom. The van der Waals surface area contributed by atoms with Gasteiger partial charge in [0.15, 0.2) is 0 Å². The largest absolute Gasteiger partial charge is 0.361 e. The van der Waals surface area contributed by atoms with Crippen LogP contribution in [0.15, 0.2) is 54.7 Å². The third kappa shape index (κ3) is 3.90. The van der Waals surface area contributed by atoms with Crippen LogP contribution in [0.4, 0.5) is 0 Å². The molecule has 154 valence electrons. The second-order valence-electron chi connectivity index (χ2n) is 8.66. The number of carbonyl (C=O) groups is 1. The molecule has 0 aliphatic carbocycles. The van der Waals surface area contributed by atoms with Gasteiger partial charge in [-0.3, -0.25) is 9.69 Å². The molecule has 0 radical (unpaired) electrons. The monoisotopic (exact) mass is 400 g/mol. The lowest BCUT2D eigenvalue weighted by atomic mass is 9.87. The van der Waals surface area contributed by atoms with Crippen LogP contribution in [0.3, 0.4) is 0 Å². The van der Waals surface area contributed by atoms with Crippen molar-refractivity contribution in [2.45, 2.75) is 38.6 Å². The molecule has 1 aliphatic heterocycles. The van der Waals surface area contributed by atoms with E-state index in [4.69, 9.17) is 0 Å². The van der Waals surface area contributed by atoms with Crippen molar-refractivity contribution in [1.29, 1.82) is 0 Å². The van der Waals surface area contributed by atoms with Crippen molar-refractivity contribution in [3.8, 4) is 0 Å². The van der Waals surface area contributed by atoms with E-state index >= 15 is 0 Å². The average molecular weight is 401 g/mol. The molecule has 2 N–H and O–H groups in total. The van der Waals surface area contributed by atoms with Gasteiger partial charge in [0.25, 0.3) is 0 Å². The number of Topliss-reactive ketones (excluding diaryl/α,β-unsaturated/α-hetero) is 1. The summed E-state index contributed by atoms with van der Waals surface area (Å²) in [6.07, 6.45) is 4.46. The molecule has 2 aromatic heterocycles. The van der Waals surface area contributed by atoms with Crippen LogP contribution < -0.4 is 0 Å². The number of aromatic amines is 2. The number of hydrogen-bond donors (Lipinski definition) is 2. The van der Waals surface area contributed by atoms with Crippen molar-refractivity contribution in [1.82, 2.24) is 19.9 Å². The third-order valence-corrected chi connectivity index (χ3v) is 6.45. The summed E-state index contributed by atoms with van der Waals surface area (Å²) in [5.41, 5.74) is 4.53. The van der Waals surface area contributed by atoms with Crippen molar-refractivity contribution in [2.75, 3.05) is 13.1 Å². The number of H-pyrrole nitrogens is 2. The number of piperidine rings is 1. The summed E-state index contributed by atoms with van der Waals surface area (Å²) < 4.78 is 0. The van der Waals surface area contributed by atoms with Gasteiger partial charge in [-0.05, 0) is 67.2 Å². The molecule has 1 unspecified atom stereocenters. The Morgan fingerprint density at radius 2 is 1.97 bits per heavy atom. The fourth-order valence-electron chi connectivity index (χ4n) is 4.64. The maximum Gasteiger partial charge on any atom is 0.136 e. The summed E-state index contributed by atoms with van der Waals surface area (Å²) in [5, 5.41) is 1.26. The van der Waals surface area contributed by atoms with Crippen molar-refractivity contribution < 1.29 is 4.79 Å². The summed E-state index contributed by atoms with van der Waals surface area (Å²) >= 11 is 0. The Labute approximate surface area is 176 Å². The van der Waals surface area contributed by atoms with Crippen molar-refractivity contribution >= 4 is 27.7 Å². The van der Waals surface area contributed by atoms with E-state index in [1.807, 2.05) is 30.5 Å². The van der Waals surface area contributed by atoms with E-state index in [0.717, 1.165) is 49.3 Å². The molecular weight excluding hydrogens is 372 g/mol. The fourth-order valence-corrected chi connectivity index (χ4v) is 4.64. The first-order valence-corrected chi connectivity index (χ1v) is 10.9. The minimum Gasteiger partial charge on any atom is -0.361 e. The number of carbonyl (C=O) groups excluding carboxylic acids is 1. The van der Waals surface area contributed by atoms with Gasteiger partial charge in [-0.2, -0.15) is 0 Å². The molecule has 3 heterocycles. The smallest absolute Gasteiger partial charge is 0.136 e. The molecule has 5 heteroatoms. The number of hydrogen-bond acceptors (Lipinski definition) is 3. The Hall–Kier alpha value is -2.92. The van der Waals surface area contributed by atoms with Crippen LogP contribution >= 0.6 is 0 Å². The maximum absolute atomic E-state index is 12.9. The highest BCUT2D eigenvalue weighted by Crippen LogP contribution is 2.26. The molecule has 30 heavy (non-hydrogen) atoms. The molecular formula is C25H28N4O. The van der Waals surface area contributed by atoms with E-state index in [0.29, 0.717) is 12.2 Å². The summed E-state index contributed by atoms with van der Waals surface area (Å²) in [5.74, 6) is 1.61. The number of fused-ring (bicyclic) bond motifs is 2. The van der Waals surface area contributed by atoms with Crippen molar-refractivity contribution in [2.24, 2.45) is 5.92 Å². The molecule has 5 nitrogen and oxygen atoms in total. The Morgan fingerprint density at radius 1 is 1.13 bits per heavy atom. The van der Waals surface area contributed by atoms with Gasteiger partial charge in [0.2, 0.25) is 0 Å². The fraction of sp³-hybridized carbons (Fsp3) is 0.360. The predicted octanol–water partition coefficient (Wildman–Crippen LogP) is 5.02. The van der Waals surface area contributed by atoms with Crippen molar-refractivity contribution in [3.05, 3.63) is 66.1 Å². The Bertz CT molecular complexity index is 1130. The lowest BCUT2D eigenvalue weighted by Crippen LogP contribution is -2.36. The van der Waals surface area contributed by atoms with Gasteiger partial charge in [0.05, 0.1) is 11.0 Å². The number of para-hydroxylation sites is 2. The quantitative estimate of drug-likeness (QED) is 0.478. The first-order chi connectivity index (χ1) is 14.7. The molecule has 0 saturated carbocycles. The molecule has 0 amide bonds. The molecule has 1 saturated heterocycles. The number of nitrogens with zero attached hydrogens (tertiary/aromatic N) is 2. The van der Waals surface area contributed by atoms with Crippen LogP contribution in [0.1, 0.15) is 43.5 Å². The number of aromatic nitrogens is 3. The number of benzene rings is 2. The van der Waals surface area contributed by atoms with E-state index in [9.17, 15) is 4.79 Å². The van der Waals surface area contributed by atoms with E-state index in [1.165, 1.54) is 16.5 Å². The summed E-state index contributed by atoms with van der Waals surface area (Å²) in [6, 6.07) is 16.8. The second kappa shape index (κ2) is 8.07. The van der Waals surface area contributed by atoms with Crippen LogP contribution in [0.2, 0.25) is 0 Å². The molecule has 5 rings (SSSR count).